The van der Waals surface area contributed by atoms with Crippen LogP contribution in [0, 0.1) is 6.92 Å². The van der Waals surface area contributed by atoms with Crippen molar-refractivity contribution in [1.82, 2.24) is 14.6 Å². The summed E-state index contributed by atoms with van der Waals surface area (Å²) in [6.07, 6.45) is 1.78. The number of rotatable bonds is 2. The molecule has 2 aromatic heterocycles. The van der Waals surface area contributed by atoms with E-state index < -0.39 is 0 Å². The fraction of sp³-hybridized carbons (Fsp3) is 0.143. The normalized spacial score (nSPS) is 11.0. The number of fused-ring (bicyclic) bond motifs is 1. The number of nitrogens with zero attached hydrogens (tertiary/aromatic N) is 3. The van der Waals surface area contributed by atoms with Gasteiger partial charge in [-0.1, -0.05) is 30.3 Å². The largest absolute Gasteiger partial charge is 0.325 e. The summed E-state index contributed by atoms with van der Waals surface area (Å²) in [6.45, 7) is 2.49. The van der Waals surface area contributed by atoms with Gasteiger partial charge in [-0.05, 0) is 13.0 Å². The maximum Gasteiger partial charge on any atom is 0.158 e. The number of hydrogen-bond acceptors (Lipinski definition) is 3. The van der Waals surface area contributed by atoms with Gasteiger partial charge in [-0.3, -0.25) is 0 Å². The van der Waals surface area contributed by atoms with E-state index in [1.54, 1.807) is 6.20 Å². The maximum atomic E-state index is 5.73. The molecule has 4 nitrogen and oxygen atoms in total. The average Bonchev–Trinajstić information content (AvgIpc) is 2.77. The fourth-order valence-corrected chi connectivity index (χ4v) is 2.13. The second-order valence-corrected chi connectivity index (χ2v) is 4.22. The topological polar surface area (TPSA) is 56.2 Å². The zero-order valence-electron chi connectivity index (χ0n) is 10.2. The highest BCUT2D eigenvalue weighted by Gasteiger charge is 2.12. The molecule has 0 aliphatic heterocycles. The van der Waals surface area contributed by atoms with Gasteiger partial charge in [-0.15, -0.1) is 0 Å². The average molecular weight is 238 g/mol. The Bertz CT molecular complexity index is 686. The van der Waals surface area contributed by atoms with Gasteiger partial charge in [0.05, 0.1) is 11.4 Å². The molecule has 0 saturated carbocycles. The van der Waals surface area contributed by atoms with Crippen LogP contribution in [0.2, 0.25) is 0 Å². The Labute approximate surface area is 105 Å². The highest BCUT2D eigenvalue weighted by molar-refractivity contribution is 5.70. The molecule has 0 fully saturated rings. The standard InChI is InChI=1S/C14H14N4/c1-10-13(11-5-3-2-4-6-11)17-18-12(9-15)7-8-16-14(10)18/h2-8H,9,15H2,1H3. The van der Waals surface area contributed by atoms with E-state index >= 15 is 0 Å². The van der Waals surface area contributed by atoms with E-state index in [9.17, 15) is 0 Å². The summed E-state index contributed by atoms with van der Waals surface area (Å²) in [5, 5.41) is 4.63. The third-order valence-electron chi connectivity index (χ3n) is 3.08. The lowest BCUT2D eigenvalue weighted by Gasteiger charge is -1.99. The lowest BCUT2D eigenvalue weighted by atomic mass is 10.1. The summed E-state index contributed by atoms with van der Waals surface area (Å²) in [5.41, 5.74) is 10.7. The molecule has 2 N–H and O–H groups in total. The molecule has 90 valence electrons. The lowest BCUT2D eigenvalue weighted by Crippen LogP contribution is -2.05. The van der Waals surface area contributed by atoms with Crippen molar-refractivity contribution in [2.45, 2.75) is 13.5 Å². The number of hydrogen-bond donors (Lipinski definition) is 1. The van der Waals surface area contributed by atoms with Crippen LogP contribution in [-0.4, -0.2) is 14.6 Å². The van der Waals surface area contributed by atoms with Gasteiger partial charge in [0.1, 0.15) is 0 Å². The number of benzene rings is 1. The molecule has 4 heteroatoms. The Morgan fingerprint density at radius 3 is 2.67 bits per heavy atom. The smallest absolute Gasteiger partial charge is 0.158 e. The van der Waals surface area contributed by atoms with Crippen molar-refractivity contribution in [2.24, 2.45) is 5.73 Å². The van der Waals surface area contributed by atoms with E-state index in [0.717, 1.165) is 28.2 Å². The molecule has 18 heavy (non-hydrogen) atoms. The Morgan fingerprint density at radius 1 is 1.17 bits per heavy atom. The maximum absolute atomic E-state index is 5.73. The van der Waals surface area contributed by atoms with Crippen LogP contribution in [0.5, 0.6) is 0 Å². The van der Waals surface area contributed by atoms with Crippen LogP contribution in [0.25, 0.3) is 16.9 Å². The second kappa shape index (κ2) is 4.23. The van der Waals surface area contributed by atoms with Crippen LogP contribution in [0.1, 0.15) is 11.3 Å². The van der Waals surface area contributed by atoms with E-state index in [-0.39, 0.29) is 0 Å². The van der Waals surface area contributed by atoms with Crippen molar-refractivity contribution in [3.05, 3.63) is 53.9 Å². The molecule has 2 heterocycles. The van der Waals surface area contributed by atoms with Gasteiger partial charge in [-0.25, -0.2) is 9.50 Å². The van der Waals surface area contributed by atoms with Gasteiger partial charge in [-0.2, -0.15) is 5.10 Å². The molecule has 3 rings (SSSR count). The van der Waals surface area contributed by atoms with Crippen LogP contribution >= 0.6 is 0 Å². The van der Waals surface area contributed by atoms with Gasteiger partial charge in [0.15, 0.2) is 5.65 Å². The Kier molecular flexibility index (Phi) is 2.57. The van der Waals surface area contributed by atoms with Crippen molar-refractivity contribution in [2.75, 3.05) is 0 Å². The van der Waals surface area contributed by atoms with Crippen LogP contribution in [0.3, 0.4) is 0 Å². The number of nitrogens with two attached hydrogens (primary N) is 1. The molecule has 0 bridgehead atoms. The summed E-state index contributed by atoms with van der Waals surface area (Å²) < 4.78 is 1.83. The summed E-state index contributed by atoms with van der Waals surface area (Å²) in [5.74, 6) is 0. The SMILES string of the molecule is Cc1c(-c2ccccc2)nn2c(CN)ccnc12. The second-order valence-electron chi connectivity index (χ2n) is 4.22. The van der Waals surface area contributed by atoms with Crippen molar-refractivity contribution in [3.63, 3.8) is 0 Å². The number of aryl methyl sites for hydroxylation is 1. The van der Waals surface area contributed by atoms with E-state index in [0.29, 0.717) is 6.54 Å². The summed E-state index contributed by atoms with van der Waals surface area (Å²) in [7, 11) is 0. The first-order chi connectivity index (χ1) is 8.81. The molecular weight excluding hydrogens is 224 g/mol. The summed E-state index contributed by atoms with van der Waals surface area (Å²) >= 11 is 0. The van der Waals surface area contributed by atoms with Crippen molar-refractivity contribution in [1.29, 1.82) is 0 Å². The molecule has 0 spiro atoms. The highest BCUT2D eigenvalue weighted by Crippen LogP contribution is 2.24. The molecule has 0 aliphatic rings. The lowest BCUT2D eigenvalue weighted by molar-refractivity contribution is 0.838. The van der Waals surface area contributed by atoms with Crippen molar-refractivity contribution >= 4 is 5.65 Å². The van der Waals surface area contributed by atoms with Gasteiger partial charge in [0.25, 0.3) is 0 Å². The quantitative estimate of drug-likeness (QED) is 0.744. The monoisotopic (exact) mass is 238 g/mol. The zero-order chi connectivity index (χ0) is 12.5. The minimum atomic E-state index is 0.453. The molecule has 3 aromatic rings. The van der Waals surface area contributed by atoms with Crippen molar-refractivity contribution in [3.8, 4) is 11.3 Å². The third kappa shape index (κ3) is 1.58. The van der Waals surface area contributed by atoms with Gasteiger partial charge in [0.2, 0.25) is 0 Å². The van der Waals surface area contributed by atoms with Gasteiger partial charge in [0, 0.05) is 23.9 Å². The Hall–Kier alpha value is -2.20. The molecule has 0 amide bonds. The molecular formula is C14H14N4. The zero-order valence-corrected chi connectivity index (χ0v) is 10.2. The van der Waals surface area contributed by atoms with Gasteiger partial charge >= 0.3 is 0 Å². The predicted octanol–water partition coefficient (Wildman–Crippen LogP) is 2.16. The van der Waals surface area contributed by atoms with E-state index in [4.69, 9.17) is 5.73 Å². The predicted molar refractivity (Wildman–Crippen MR) is 71.1 cm³/mol. The molecule has 0 saturated heterocycles. The molecule has 1 aromatic carbocycles. The Balaban J connectivity index is 2.29. The minimum Gasteiger partial charge on any atom is -0.325 e. The summed E-state index contributed by atoms with van der Waals surface area (Å²) in [4.78, 5) is 4.38. The highest BCUT2D eigenvalue weighted by atomic mass is 15.3. The molecule has 0 unspecified atom stereocenters. The fourth-order valence-electron chi connectivity index (χ4n) is 2.13. The molecule has 0 atom stereocenters. The van der Waals surface area contributed by atoms with Crippen LogP contribution in [0.4, 0.5) is 0 Å². The number of aromatic nitrogens is 3. The summed E-state index contributed by atoms with van der Waals surface area (Å²) in [6, 6.07) is 12.0. The first-order valence-electron chi connectivity index (χ1n) is 5.90. The molecule has 0 radical (unpaired) electrons. The van der Waals surface area contributed by atoms with Crippen LogP contribution in [0.15, 0.2) is 42.6 Å². The first-order valence-corrected chi connectivity index (χ1v) is 5.90. The van der Waals surface area contributed by atoms with Crippen LogP contribution < -0.4 is 5.73 Å². The van der Waals surface area contributed by atoms with Crippen LogP contribution in [-0.2, 0) is 6.54 Å². The minimum absolute atomic E-state index is 0.453. The van der Waals surface area contributed by atoms with Gasteiger partial charge < -0.3 is 5.73 Å². The molecule has 0 aliphatic carbocycles. The van der Waals surface area contributed by atoms with E-state index in [2.05, 4.69) is 22.2 Å². The van der Waals surface area contributed by atoms with Crippen molar-refractivity contribution < 1.29 is 0 Å². The van der Waals surface area contributed by atoms with E-state index in [1.807, 2.05) is 35.7 Å². The Morgan fingerprint density at radius 2 is 1.94 bits per heavy atom. The first kappa shape index (κ1) is 10.9. The van der Waals surface area contributed by atoms with E-state index in [1.165, 1.54) is 0 Å². The third-order valence-corrected chi connectivity index (χ3v) is 3.08.